The number of methoxy groups -OCH3 is 1. The summed E-state index contributed by atoms with van der Waals surface area (Å²) in [4.78, 5) is 0.234. The van der Waals surface area contributed by atoms with Gasteiger partial charge in [-0.05, 0) is 48.7 Å². The van der Waals surface area contributed by atoms with Crippen molar-refractivity contribution in [3.63, 3.8) is 0 Å². The summed E-state index contributed by atoms with van der Waals surface area (Å²) in [7, 11) is -1.30. The highest BCUT2D eigenvalue weighted by Crippen LogP contribution is 2.30. The Kier molecular flexibility index (Phi) is 7.37. The summed E-state index contributed by atoms with van der Waals surface area (Å²) in [6.45, 7) is 0.461. The van der Waals surface area contributed by atoms with Gasteiger partial charge in [0.1, 0.15) is 10.6 Å². The molecule has 0 unspecified atom stereocenters. The molecule has 9 heteroatoms. The van der Waals surface area contributed by atoms with Crippen LogP contribution >= 0.6 is 15.9 Å². The molecule has 1 aliphatic rings. The van der Waals surface area contributed by atoms with Gasteiger partial charge >= 0.3 is 0 Å². The monoisotopic (exact) mass is 500 g/mol. The first-order valence-corrected chi connectivity index (χ1v) is 13.0. The second-order valence-electron chi connectivity index (χ2n) is 6.95. The Hall–Kier alpha value is -1.42. The number of halogens is 1. The van der Waals surface area contributed by atoms with Gasteiger partial charge in [-0.25, -0.2) is 8.42 Å². The van der Waals surface area contributed by atoms with Crippen molar-refractivity contribution in [1.29, 1.82) is 0 Å². The fourth-order valence-electron chi connectivity index (χ4n) is 3.34. The van der Waals surface area contributed by atoms with E-state index < -0.39 is 20.8 Å². The number of hydrogen-bond donors (Lipinski definition) is 1. The van der Waals surface area contributed by atoms with Crippen molar-refractivity contribution in [3.8, 4) is 5.75 Å². The van der Waals surface area contributed by atoms with Crippen molar-refractivity contribution in [1.82, 2.24) is 4.31 Å². The van der Waals surface area contributed by atoms with Crippen LogP contribution < -0.4 is 10.1 Å². The molecule has 0 aromatic heterocycles. The summed E-state index contributed by atoms with van der Waals surface area (Å²) in [5.41, 5.74) is 1.52. The largest absolute Gasteiger partial charge is 0.497 e. The predicted octanol–water partition coefficient (Wildman–Crippen LogP) is 3.60. The van der Waals surface area contributed by atoms with Crippen LogP contribution in [0.5, 0.6) is 5.75 Å². The van der Waals surface area contributed by atoms with E-state index in [4.69, 9.17) is 4.74 Å². The number of benzene rings is 2. The molecule has 1 aliphatic heterocycles. The van der Waals surface area contributed by atoms with Gasteiger partial charge in [-0.3, -0.25) is 4.21 Å². The van der Waals surface area contributed by atoms with Gasteiger partial charge in [0, 0.05) is 46.4 Å². The molecular weight excluding hydrogens is 476 g/mol. The lowest BCUT2D eigenvalue weighted by Crippen LogP contribution is -2.41. The van der Waals surface area contributed by atoms with Gasteiger partial charge in [0.15, 0.2) is 0 Å². The van der Waals surface area contributed by atoms with Crippen molar-refractivity contribution >= 4 is 42.4 Å². The molecule has 0 amide bonds. The molecule has 0 aliphatic carbocycles. The van der Waals surface area contributed by atoms with Crippen LogP contribution in [0, 0.1) is 0 Å². The Morgan fingerprint density at radius 1 is 1.21 bits per heavy atom. The zero-order valence-electron chi connectivity index (χ0n) is 16.4. The minimum absolute atomic E-state index is 0.132. The third-order valence-electron chi connectivity index (χ3n) is 5.09. The smallest absolute Gasteiger partial charge is 0.245 e. The highest BCUT2D eigenvalue weighted by atomic mass is 79.9. The van der Waals surface area contributed by atoms with Crippen molar-refractivity contribution < 1.29 is 17.4 Å². The summed E-state index contributed by atoms with van der Waals surface area (Å²) < 4.78 is 45.8. The number of rotatable bonds is 7. The van der Waals surface area contributed by atoms with Crippen molar-refractivity contribution in [3.05, 3.63) is 52.5 Å². The van der Waals surface area contributed by atoms with E-state index in [-0.39, 0.29) is 10.9 Å². The molecule has 1 heterocycles. The Bertz CT molecular complexity index is 988. The van der Waals surface area contributed by atoms with Crippen LogP contribution in [0.3, 0.4) is 0 Å². The first-order valence-electron chi connectivity index (χ1n) is 9.30. The van der Waals surface area contributed by atoms with E-state index in [9.17, 15) is 12.6 Å². The van der Waals surface area contributed by atoms with Crippen LogP contribution in [0.25, 0.3) is 0 Å². The number of nitrogens with one attached hydrogen (secondary N) is 1. The Morgan fingerprint density at radius 3 is 2.62 bits per heavy atom. The maximum absolute atomic E-state index is 13.3. The topological polar surface area (TPSA) is 75.7 Å². The normalized spacial score (nSPS) is 19.9. The molecule has 1 N–H and O–H groups in total. The van der Waals surface area contributed by atoms with E-state index in [1.807, 2.05) is 24.3 Å². The van der Waals surface area contributed by atoms with E-state index in [0.29, 0.717) is 36.6 Å². The first-order chi connectivity index (χ1) is 13.8. The Labute approximate surface area is 183 Å². The molecule has 0 atom stereocenters. The van der Waals surface area contributed by atoms with Crippen LogP contribution in [0.4, 0.5) is 5.69 Å². The zero-order chi connectivity index (χ0) is 21.0. The average Bonchev–Trinajstić information content (AvgIpc) is 2.72. The lowest BCUT2D eigenvalue weighted by Gasteiger charge is -2.30. The summed E-state index contributed by atoms with van der Waals surface area (Å²) in [5, 5.41) is 3.25. The molecule has 3 rings (SSSR count). The molecule has 29 heavy (non-hydrogen) atoms. The molecule has 158 valence electrons. The number of hydrogen-bond acceptors (Lipinski definition) is 5. The van der Waals surface area contributed by atoms with Gasteiger partial charge in [0.05, 0.1) is 12.8 Å². The van der Waals surface area contributed by atoms with E-state index >= 15 is 0 Å². The highest BCUT2D eigenvalue weighted by Gasteiger charge is 2.32. The van der Waals surface area contributed by atoms with Gasteiger partial charge in [-0.15, -0.1) is 0 Å². The number of anilines is 1. The lowest BCUT2D eigenvalue weighted by atomic mass is 10.2. The quantitative estimate of drug-likeness (QED) is 0.628. The highest BCUT2D eigenvalue weighted by molar-refractivity contribution is 9.10. The number of sulfonamides is 1. The summed E-state index contributed by atoms with van der Waals surface area (Å²) in [6.07, 6.45) is 1.23. The molecular formula is C20H25BrN2O4S2. The number of nitrogens with zero attached hydrogens (tertiary/aromatic N) is 1. The lowest BCUT2D eigenvalue weighted by molar-refractivity contribution is 0.346. The molecule has 1 fully saturated rings. The van der Waals surface area contributed by atoms with Gasteiger partial charge in [-0.2, -0.15) is 4.31 Å². The minimum Gasteiger partial charge on any atom is -0.497 e. The molecule has 2 aromatic carbocycles. The molecule has 0 bridgehead atoms. The van der Waals surface area contributed by atoms with Gasteiger partial charge in [0.2, 0.25) is 10.0 Å². The average molecular weight is 501 g/mol. The van der Waals surface area contributed by atoms with Gasteiger partial charge < -0.3 is 10.1 Å². The SMILES string of the molecule is COc1cccc(CNc2cc(Br)ccc2S(=O)(=O)N(C)C2CCS(=O)CC2)c1. The zero-order valence-corrected chi connectivity index (χ0v) is 19.6. The third-order valence-corrected chi connectivity index (χ3v) is 8.93. The summed E-state index contributed by atoms with van der Waals surface area (Å²) >= 11 is 3.43. The second kappa shape index (κ2) is 9.59. The molecule has 0 radical (unpaired) electrons. The maximum atomic E-state index is 13.3. The van der Waals surface area contributed by atoms with Gasteiger partial charge in [0.25, 0.3) is 0 Å². The van der Waals surface area contributed by atoms with Crippen LogP contribution in [0.2, 0.25) is 0 Å². The molecule has 1 saturated heterocycles. The van der Waals surface area contributed by atoms with Crippen LogP contribution in [0.1, 0.15) is 18.4 Å². The predicted molar refractivity (Wildman–Crippen MR) is 120 cm³/mol. The fourth-order valence-corrected chi connectivity index (χ4v) is 6.54. The summed E-state index contributed by atoms with van der Waals surface area (Å²) in [6, 6.07) is 12.6. The van der Waals surface area contributed by atoms with Crippen LogP contribution in [-0.2, 0) is 27.4 Å². The fraction of sp³-hybridized carbons (Fsp3) is 0.400. The van der Waals surface area contributed by atoms with Crippen molar-refractivity contribution in [2.45, 2.75) is 30.3 Å². The molecule has 0 spiro atoms. The van der Waals surface area contributed by atoms with E-state index in [1.165, 1.54) is 4.31 Å². The third kappa shape index (κ3) is 5.39. The Balaban J connectivity index is 1.84. The van der Waals surface area contributed by atoms with Crippen molar-refractivity contribution in [2.24, 2.45) is 0 Å². The van der Waals surface area contributed by atoms with Gasteiger partial charge in [-0.1, -0.05) is 28.1 Å². The van der Waals surface area contributed by atoms with E-state index in [2.05, 4.69) is 21.2 Å². The summed E-state index contributed by atoms with van der Waals surface area (Å²) in [5.74, 6) is 1.85. The second-order valence-corrected chi connectivity index (χ2v) is 11.5. The van der Waals surface area contributed by atoms with E-state index in [0.717, 1.165) is 15.8 Å². The van der Waals surface area contributed by atoms with E-state index in [1.54, 1.807) is 32.4 Å². The standard InChI is InChI=1S/C20H25BrN2O4S2/c1-23(17-8-10-28(24)11-9-17)29(25,26)20-7-6-16(21)13-19(20)22-14-15-4-3-5-18(12-15)27-2/h3-7,12-13,17,22H,8-11,14H2,1-2H3. The minimum atomic E-state index is -3.69. The molecule has 6 nitrogen and oxygen atoms in total. The molecule has 0 saturated carbocycles. The Morgan fingerprint density at radius 2 is 1.93 bits per heavy atom. The number of ether oxygens (including phenoxy) is 1. The van der Waals surface area contributed by atoms with Crippen LogP contribution in [-0.4, -0.2) is 48.6 Å². The van der Waals surface area contributed by atoms with Crippen molar-refractivity contribution in [2.75, 3.05) is 31.0 Å². The first kappa shape index (κ1) is 22.3. The van der Waals surface area contributed by atoms with Crippen LogP contribution in [0.15, 0.2) is 51.8 Å². The maximum Gasteiger partial charge on any atom is 0.245 e. The molecule has 2 aromatic rings.